The lowest BCUT2D eigenvalue weighted by molar-refractivity contribution is -0.114. The number of fused-ring (bicyclic) bond motifs is 1. The van der Waals surface area contributed by atoms with Crippen molar-refractivity contribution in [2.45, 2.75) is 38.1 Å². The van der Waals surface area contributed by atoms with Crippen LogP contribution in [0, 0.1) is 5.92 Å². The Bertz CT molecular complexity index is 124. The van der Waals surface area contributed by atoms with Gasteiger partial charge < -0.3 is 5.21 Å². The maximum atomic E-state index is 9.36. The van der Waals surface area contributed by atoms with Gasteiger partial charge in [0.05, 0.1) is 0 Å². The minimum Gasteiger partial charge on any atom is -0.314 e. The molecule has 0 aromatic heterocycles. The summed E-state index contributed by atoms with van der Waals surface area (Å²) >= 11 is 0. The molecule has 2 nitrogen and oxygen atoms in total. The standard InChI is InChI=1S/C8H15NO/c10-9-6-5-7-3-1-2-4-8(7)9/h7-8,10H,1-6H2. The highest BCUT2D eigenvalue weighted by atomic mass is 16.5. The lowest BCUT2D eigenvalue weighted by atomic mass is 9.85. The maximum absolute atomic E-state index is 9.36. The van der Waals surface area contributed by atoms with Crippen LogP contribution in [0.4, 0.5) is 0 Å². The maximum Gasteiger partial charge on any atom is 0.0378 e. The average molecular weight is 141 g/mol. The molecule has 0 spiro atoms. The lowest BCUT2D eigenvalue weighted by Gasteiger charge is -2.27. The number of hydroxylamine groups is 2. The predicted octanol–water partition coefficient (Wildman–Crippen LogP) is 1.64. The molecule has 1 aliphatic carbocycles. The van der Waals surface area contributed by atoms with E-state index < -0.39 is 0 Å². The Kier molecular flexibility index (Phi) is 1.66. The molecule has 1 saturated heterocycles. The monoisotopic (exact) mass is 141 g/mol. The van der Waals surface area contributed by atoms with Crippen LogP contribution >= 0.6 is 0 Å². The third-order valence-electron chi connectivity index (χ3n) is 2.98. The number of hydrogen-bond acceptors (Lipinski definition) is 2. The third kappa shape index (κ3) is 0.956. The van der Waals surface area contributed by atoms with Gasteiger partial charge in [-0.2, -0.15) is 5.06 Å². The molecule has 2 fully saturated rings. The van der Waals surface area contributed by atoms with Crippen LogP contribution in [0.25, 0.3) is 0 Å². The van der Waals surface area contributed by atoms with E-state index in [0.29, 0.717) is 6.04 Å². The van der Waals surface area contributed by atoms with E-state index in [-0.39, 0.29) is 0 Å². The van der Waals surface area contributed by atoms with E-state index in [1.165, 1.54) is 32.1 Å². The van der Waals surface area contributed by atoms with Gasteiger partial charge in [-0.3, -0.25) is 0 Å². The molecular weight excluding hydrogens is 126 g/mol. The predicted molar refractivity (Wildman–Crippen MR) is 38.9 cm³/mol. The molecule has 0 aromatic carbocycles. The van der Waals surface area contributed by atoms with Gasteiger partial charge in [0.1, 0.15) is 0 Å². The van der Waals surface area contributed by atoms with Crippen LogP contribution in [-0.4, -0.2) is 22.9 Å². The first-order valence-electron chi connectivity index (χ1n) is 4.33. The van der Waals surface area contributed by atoms with E-state index in [1.54, 1.807) is 5.06 Å². The molecule has 1 N–H and O–H groups in total. The van der Waals surface area contributed by atoms with Crippen LogP contribution in [0.5, 0.6) is 0 Å². The molecule has 0 aromatic rings. The topological polar surface area (TPSA) is 23.5 Å². The third-order valence-corrected chi connectivity index (χ3v) is 2.98. The molecule has 58 valence electrons. The molecule has 0 radical (unpaired) electrons. The van der Waals surface area contributed by atoms with Crippen molar-refractivity contribution in [3.63, 3.8) is 0 Å². The molecule has 2 atom stereocenters. The first kappa shape index (κ1) is 6.62. The van der Waals surface area contributed by atoms with E-state index >= 15 is 0 Å². The number of hydrogen-bond donors (Lipinski definition) is 1. The Morgan fingerprint density at radius 1 is 1.10 bits per heavy atom. The van der Waals surface area contributed by atoms with Crippen molar-refractivity contribution in [2.75, 3.05) is 6.54 Å². The van der Waals surface area contributed by atoms with Gasteiger partial charge in [0.2, 0.25) is 0 Å². The Morgan fingerprint density at radius 2 is 1.90 bits per heavy atom. The van der Waals surface area contributed by atoms with Crippen LogP contribution in [0.1, 0.15) is 32.1 Å². The van der Waals surface area contributed by atoms with Gasteiger partial charge in [0.25, 0.3) is 0 Å². The van der Waals surface area contributed by atoms with Crippen LogP contribution in [0.2, 0.25) is 0 Å². The zero-order chi connectivity index (χ0) is 6.97. The van der Waals surface area contributed by atoms with Crippen molar-refractivity contribution in [3.8, 4) is 0 Å². The molecule has 10 heavy (non-hydrogen) atoms. The van der Waals surface area contributed by atoms with Gasteiger partial charge in [-0.15, -0.1) is 0 Å². The minimum absolute atomic E-state index is 0.522. The normalized spacial score (nSPS) is 41.7. The summed E-state index contributed by atoms with van der Waals surface area (Å²) in [7, 11) is 0. The largest absolute Gasteiger partial charge is 0.314 e. The fourth-order valence-corrected chi connectivity index (χ4v) is 2.38. The zero-order valence-corrected chi connectivity index (χ0v) is 6.29. The summed E-state index contributed by atoms with van der Waals surface area (Å²) in [6.45, 7) is 0.912. The van der Waals surface area contributed by atoms with Crippen molar-refractivity contribution in [2.24, 2.45) is 5.92 Å². The number of nitrogens with zero attached hydrogens (tertiary/aromatic N) is 1. The summed E-state index contributed by atoms with van der Waals surface area (Å²) < 4.78 is 0. The van der Waals surface area contributed by atoms with Crippen molar-refractivity contribution >= 4 is 0 Å². The Morgan fingerprint density at radius 3 is 2.70 bits per heavy atom. The van der Waals surface area contributed by atoms with E-state index in [0.717, 1.165) is 12.5 Å². The Balaban J connectivity index is 2.01. The average Bonchev–Trinajstić information content (AvgIpc) is 2.34. The highest BCUT2D eigenvalue weighted by Gasteiger charge is 2.34. The van der Waals surface area contributed by atoms with E-state index in [9.17, 15) is 5.21 Å². The molecule has 1 heterocycles. The van der Waals surface area contributed by atoms with E-state index in [1.807, 2.05) is 0 Å². The quantitative estimate of drug-likeness (QED) is 0.554. The second-order valence-electron chi connectivity index (χ2n) is 3.56. The van der Waals surface area contributed by atoms with Crippen LogP contribution in [0.3, 0.4) is 0 Å². The van der Waals surface area contributed by atoms with Crippen LogP contribution in [0.15, 0.2) is 0 Å². The van der Waals surface area contributed by atoms with Gasteiger partial charge >= 0.3 is 0 Å². The summed E-state index contributed by atoms with van der Waals surface area (Å²) in [6, 6.07) is 0.522. The SMILES string of the molecule is ON1CCC2CCCCC21. The molecule has 2 aliphatic rings. The lowest BCUT2D eigenvalue weighted by Crippen LogP contribution is -2.31. The summed E-state index contributed by atoms with van der Waals surface area (Å²) in [4.78, 5) is 0. The zero-order valence-electron chi connectivity index (χ0n) is 6.29. The van der Waals surface area contributed by atoms with E-state index in [2.05, 4.69) is 0 Å². The molecular formula is C8H15NO. The summed E-state index contributed by atoms with van der Waals surface area (Å²) in [5.74, 6) is 0.818. The van der Waals surface area contributed by atoms with Crippen molar-refractivity contribution < 1.29 is 5.21 Å². The summed E-state index contributed by atoms with van der Waals surface area (Å²) in [6.07, 6.45) is 6.50. The van der Waals surface area contributed by atoms with Crippen LogP contribution < -0.4 is 0 Å². The van der Waals surface area contributed by atoms with Crippen molar-refractivity contribution in [1.82, 2.24) is 5.06 Å². The highest BCUT2D eigenvalue weighted by Crippen LogP contribution is 2.34. The first-order chi connectivity index (χ1) is 4.88. The van der Waals surface area contributed by atoms with Gasteiger partial charge in [0, 0.05) is 12.6 Å². The smallest absolute Gasteiger partial charge is 0.0378 e. The second kappa shape index (κ2) is 2.51. The molecule has 0 bridgehead atoms. The fourth-order valence-electron chi connectivity index (χ4n) is 2.38. The van der Waals surface area contributed by atoms with Gasteiger partial charge in [-0.25, -0.2) is 0 Å². The van der Waals surface area contributed by atoms with Crippen molar-refractivity contribution in [3.05, 3.63) is 0 Å². The Labute approximate surface area is 61.8 Å². The molecule has 1 aliphatic heterocycles. The summed E-state index contributed by atoms with van der Waals surface area (Å²) in [5.41, 5.74) is 0. The van der Waals surface area contributed by atoms with E-state index in [4.69, 9.17) is 0 Å². The molecule has 2 unspecified atom stereocenters. The van der Waals surface area contributed by atoms with Crippen LogP contribution in [-0.2, 0) is 0 Å². The summed E-state index contributed by atoms with van der Waals surface area (Å²) in [5, 5.41) is 10.9. The molecule has 0 amide bonds. The second-order valence-corrected chi connectivity index (χ2v) is 3.56. The van der Waals surface area contributed by atoms with Gasteiger partial charge in [0.15, 0.2) is 0 Å². The molecule has 1 saturated carbocycles. The highest BCUT2D eigenvalue weighted by molar-refractivity contribution is 4.85. The first-order valence-corrected chi connectivity index (χ1v) is 4.33. The molecule has 2 heteroatoms. The number of rotatable bonds is 0. The van der Waals surface area contributed by atoms with Gasteiger partial charge in [-0.05, 0) is 25.2 Å². The van der Waals surface area contributed by atoms with Crippen molar-refractivity contribution in [1.29, 1.82) is 0 Å². The molecule has 2 rings (SSSR count). The Hall–Kier alpha value is -0.0800. The van der Waals surface area contributed by atoms with Gasteiger partial charge in [-0.1, -0.05) is 12.8 Å². The minimum atomic E-state index is 0.522. The fraction of sp³-hybridized carbons (Fsp3) is 1.00.